The van der Waals surface area contributed by atoms with Gasteiger partial charge >= 0.3 is 0 Å². The van der Waals surface area contributed by atoms with Crippen LogP contribution in [-0.2, 0) is 6.54 Å². The third-order valence-corrected chi connectivity index (χ3v) is 3.57. The molecule has 0 spiro atoms. The average Bonchev–Trinajstić information content (AvgIpc) is 2.81. The van der Waals surface area contributed by atoms with Gasteiger partial charge in [0.25, 0.3) is 0 Å². The first kappa shape index (κ1) is 18.4. The van der Waals surface area contributed by atoms with E-state index in [4.69, 9.17) is 15.2 Å². The van der Waals surface area contributed by atoms with Crippen LogP contribution in [0.3, 0.4) is 0 Å². The van der Waals surface area contributed by atoms with Crippen LogP contribution in [0, 0.1) is 6.92 Å². The number of guanidine groups is 1. The number of imidazole rings is 1. The molecule has 1 aromatic carbocycles. The maximum absolute atomic E-state index is 5.93. The van der Waals surface area contributed by atoms with Crippen molar-refractivity contribution in [2.45, 2.75) is 19.9 Å². The van der Waals surface area contributed by atoms with E-state index in [1.165, 1.54) is 0 Å². The minimum Gasteiger partial charge on any atom is -0.490 e. The van der Waals surface area contributed by atoms with E-state index in [1.54, 1.807) is 6.20 Å². The van der Waals surface area contributed by atoms with Crippen molar-refractivity contribution in [1.82, 2.24) is 9.55 Å². The third-order valence-electron chi connectivity index (χ3n) is 3.57. The van der Waals surface area contributed by atoms with Crippen molar-refractivity contribution in [3.8, 4) is 11.5 Å². The van der Waals surface area contributed by atoms with Gasteiger partial charge in [0, 0.05) is 37.1 Å². The summed E-state index contributed by atoms with van der Waals surface area (Å²) >= 11 is 0. The molecule has 0 fully saturated rings. The Hall–Kier alpha value is -1.97. The van der Waals surface area contributed by atoms with Gasteiger partial charge in [0.1, 0.15) is 5.82 Å². The van der Waals surface area contributed by atoms with Gasteiger partial charge in [-0.25, -0.2) is 4.98 Å². The van der Waals surface area contributed by atoms with Crippen molar-refractivity contribution in [3.05, 3.63) is 36.4 Å². The third kappa shape index (κ3) is 4.76. The number of aromatic nitrogens is 2. The topological polar surface area (TPSA) is 86.7 Å². The summed E-state index contributed by atoms with van der Waals surface area (Å²) in [6, 6.07) is 5.66. The maximum Gasteiger partial charge on any atom is 0.193 e. The lowest BCUT2D eigenvalue weighted by molar-refractivity contribution is 0.297. The lowest BCUT2D eigenvalue weighted by Crippen LogP contribution is -2.23. The minimum absolute atomic E-state index is 0. The van der Waals surface area contributed by atoms with Gasteiger partial charge in [0.05, 0.1) is 19.8 Å². The fourth-order valence-corrected chi connectivity index (χ4v) is 2.35. The first-order chi connectivity index (χ1) is 11.2. The highest BCUT2D eigenvalue weighted by molar-refractivity contribution is 14.0. The highest BCUT2D eigenvalue weighted by atomic mass is 127. The van der Waals surface area contributed by atoms with Crippen molar-refractivity contribution in [2.24, 2.45) is 10.7 Å². The van der Waals surface area contributed by atoms with Gasteiger partial charge in [-0.05, 0) is 19.1 Å². The Morgan fingerprint density at radius 2 is 2.12 bits per heavy atom. The van der Waals surface area contributed by atoms with E-state index in [-0.39, 0.29) is 24.0 Å². The molecule has 0 radical (unpaired) electrons. The minimum atomic E-state index is 0. The van der Waals surface area contributed by atoms with Crippen LogP contribution in [0.25, 0.3) is 0 Å². The van der Waals surface area contributed by atoms with Crippen molar-refractivity contribution in [3.63, 3.8) is 0 Å². The van der Waals surface area contributed by atoms with E-state index in [0.29, 0.717) is 25.7 Å². The number of nitrogens with zero attached hydrogens (tertiary/aromatic N) is 3. The van der Waals surface area contributed by atoms with Crippen LogP contribution < -0.4 is 20.5 Å². The second-order valence-corrected chi connectivity index (χ2v) is 5.27. The van der Waals surface area contributed by atoms with Crippen LogP contribution in [0.5, 0.6) is 11.5 Å². The second kappa shape index (κ2) is 8.76. The number of ether oxygens (including phenoxy) is 2. The SMILES string of the molecule is Cc1nccn1CCN=C(N)Nc1ccc2c(c1)OCCCO2.I. The van der Waals surface area contributed by atoms with Gasteiger partial charge in [0.15, 0.2) is 17.5 Å². The number of nitrogens with one attached hydrogen (secondary N) is 1. The Labute approximate surface area is 158 Å². The molecule has 24 heavy (non-hydrogen) atoms. The zero-order chi connectivity index (χ0) is 16.1. The molecule has 2 aromatic rings. The Balaban J connectivity index is 0.00000208. The number of halogens is 1. The molecule has 0 bridgehead atoms. The van der Waals surface area contributed by atoms with Crippen LogP contribution >= 0.6 is 24.0 Å². The summed E-state index contributed by atoms with van der Waals surface area (Å²) in [6.45, 7) is 4.63. The summed E-state index contributed by atoms with van der Waals surface area (Å²) < 4.78 is 13.3. The first-order valence-corrected chi connectivity index (χ1v) is 7.67. The number of nitrogens with two attached hydrogens (primary N) is 1. The predicted molar refractivity (Wildman–Crippen MR) is 105 cm³/mol. The smallest absolute Gasteiger partial charge is 0.193 e. The quantitative estimate of drug-likeness (QED) is 0.431. The summed E-state index contributed by atoms with van der Waals surface area (Å²) in [7, 11) is 0. The van der Waals surface area contributed by atoms with Crippen LogP contribution in [0.4, 0.5) is 5.69 Å². The van der Waals surface area contributed by atoms with Gasteiger partial charge < -0.3 is 25.1 Å². The van der Waals surface area contributed by atoms with E-state index in [2.05, 4.69) is 15.3 Å². The fraction of sp³-hybridized carbons (Fsp3) is 0.375. The molecular weight excluding hydrogens is 421 g/mol. The molecule has 0 saturated heterocycles. The van der Waals surface area contributed by atoms with Crippen molar-refractivity contribution in [1.29, 1.82) is 0 Å². The van der Waals surface area contributed by atoms with Crippen LogP contribution in [0.15, 0.2) is 35.6 Å². The molecule has 3 N–H and O–H groups in total. The number of hydrogen-bond acceptors (Lipinski definition) is 4. The second-order valence-electron chi connectivity index (χ2n) is 5.27. The summed E-state index contributed by atoms with van der Waals surface area (Å²) in [5.74, 6) is 2.83. The van der Waals surface area contributed by atoms with Crippen molar-refractivity contribution < 1.29 is 9.47 Å². The molecular formula is C16H22IN5O2. The summed E-state index contributed by atoms with van der Waals surface area (Å²) in [5.41, 5.74) is 6.76. The average molecular weight is 443 g/mol. The molecule has 8 heteroatoms. The number of aliphatic imine (C=N–C) groups is 1. The molecule has 1 aliphatic rings. The molecule has 0 saturated carbocycles. The Morgan fingerprint density at radius 1 is 1.33 bits per heavy atom. The number of benzene rings is 1. The predicted octanol–water partition coefficient (Wildman–Crippen LogP) is 2.40. The Morgan fingerprint density at radius 3 is 2.88 bits per heavy atom. The number of rotatable bonds is 4. The molecule has 0 atom stereocenters. The number of anilines is 1. The molecule has 0 aliphatic carbocycles. The Kier molecular flexibility index (Phi) is 6.71. The summed E-state index contributed by atoms with van der Waals surface area (Å²) in [6.07, 6.45) is 4.59. The van der Waals surface area contributed by atoms with Crippen molar-refractivity contribution in [2.75, 3.05) is 25.1 Å². The first-order valence-electron chi connectivity index (χ1n) is 7.67. The highest BCUT2D eigenvalue weighted by Gasteiger charge is 2.10. The fourth-order valence-electron chi connectivity index (χ4n) is 2.35. The van der Waals surface area contributed by atoms with E-state index >= 15 is 0 Å². The van der Waals surface area contributed by atoms with E-state index in [1.807, 2.05) is 35.9 Å². The van der Waals surface area contributed by atoms with Crippen molar-refractivity contribution >= 4 is 35.6 Å². The molecule has 0 amide bonds. The number of aryl methyl sites for hydroxylation is 1. The molecule has 3 rings (SSSR count). The van der Waals surface area contributed by atoms with Crippen LogP contribution in [0.2, 0.25) is 0 Å². The monoisotopic (exact) mass is 443 g/mol. The van der Waals surface area contributed by atoms with E-state index < -0.39 is 0 Å². The zero-order valence-corrected chi connectivity index (χ0v) is 15.9. The molecule has 1 aliphatic heterocycles. The van der Waals surface area contributed by atoms with Gasteiger partial charge in [-0.15, -0.1) is 24.0 Å². The summed E-state index contributed by atoms with van der Waals surface area (Å²) in [5, 5.41) is 3.07. The molecule has 130 valence electrons. The highest BCUT2D eigenvalue weighted by Crippen LogP contribution is 2.32. The Bertz CT molecular complexity index is 702. The molecule has 0 unspecified atom stereocenters. The zero-order valence-electron chi connectivity index (χ0n) is 13.6. The van der Waals surface area contributed by atoms with Gasteiger partial charge in [0.2, 0.25) is 0 Å². The van der Waals surface area contributed by atoms with Gasteiger partial charge in [-0.3, -0.25) is 4.99 Å². The van der Waals surface area contributed by atoms with Gasteiger partial charge in [-0.1, -0.05) is 0 Å². The molecule has 1 aromatic heterocycles. The van der Waals surface area contributed by atoms with E-state index in [0.717, 1.165) is 36.0 Å². The van der Waals surface area contributed by atoms with Crippen LogP contribution in [-0.4, -0.2) is 35.3 Å². The normalized spacial score (nSPS) is 13.8. The molecule has 2 heterocycles. The lowest BCUT2D eigenvalue weighted by Gasteiger charge is -2.11. The number of fused-ring (bicyclic) bond motifs is 1. The molecule has 7 nitrogen and oxygen atoms in total. The van der Waals surface area contributed by atoms with E-state index in [9.17, 15) is 0 Å². The lowest BCUT2D eigenvalue weighted by atomic mass is 10.3. The standard InChI is InChI=1S/C16H21N5O2.HI/c1-12-18-5-7-21(12)8-6-19-16(17)20-13-3-4-14-15(11-13)23-10-2-9-22-14;/h3-5,7,11H,2,6,8-10H2,1H3,(H3,17,19,20);1H. The largest absolute Gasteiger partial charge is 0.490 e. The van der Waals surface area contributed by atoms with Gasteiger partial charge in [-0.2, -0.15) is 0 Å². The number of hydrogen-bond donors (Lipinski definition) is 2. The van der Waals surface area contributed by atoms with Crippen LogP contribution in [0.1, 0.15) is 12.2 Å². The summed E-state index contributed by atoms with van der Waals surface area (Å²) in [4.78, 5) is 8.50. The maximum atomic E-state index is 5.93.